The molecule has 0 aliphatic carbocycles. The first-order chi connectivity index (χ1) is 9.93. The lowest BCUT2D eigenvalue weighted by atomic mass is 10.2. The maximum absolute atomic E-state index is 12.1. The summed E-state index contributed by atoms with van der Waals surface area (Å²) in [6, 6.07) is 8.25. The summed E-state index contributed by atoms with van der Waals surface area (Å²) in [5.74, 6) is -0.223. The van der Waals surface area contributed by atoms with Crippen molar-refractivity contribution in [2.45, 2.75) is 26.5 Å². The van der Waals surface area contributed by atoms with Gasteiger partial charge in [-0.05, 0) is 19.4 Å². The van der Waals surface area contributed by atoms with Gasteiger partial charge in [0.05, 0.1) is 11.7 Å². The number of carboxylic acids is 1. The topological polar surface area (TPSA) is 57.6 Å². The Morgan fingerprint density at radius 1 is 1.29 bits per heavy atom. The van der Waals surface area contributed by atoms with Crippen LogP contribution in [0.1, 0.15) is 25.0 Å². The smallest absolute Gasteiger partial charge is 0.308 e. The van der Waals surface area contributed by atoms with Crippen LogP contribution in [-0.4, -0.2) is 40.7 Å². The summed E-state index contributed by atoms with van der Waals surface area (Å²) < 4.78 is 0. The van der Waals surface area contributed by atoms with E-state index < -0.39 is 11.9 Å². The summed E-state index contributed by atoms with van der Waals surface area (Å²) in [5.41, 5.74) is 2.42. The lowest BCUT2D eigenvalue weighted by Crippen LogP contribution is -2.37. The summed E-state index contributed by atoms with van der Waals surface area (Å²) in [5, 5.41) is 8.91. The highest BCUT2D eigenvalue weighted by molar-refractivity contribution is 7.99. The van der Waals surface area contributed by atoms with Gasteiger partial charge >= 0.3 is 5.97 Å². The maximum atomic E-state index is 12.1. The average molecular weight is 309 g/mol. The van der Waals surface area contributed by atoms with Crippen LogP contribution in [0.15, 0.2) is 24.3 Å². The van der Waals surface area contributed by atoms with E-state index in [0.29, 0.717) is 12.3 Å². The molecule has 21 heavy (non-hydrogen) atoms. The number of aliphatic carboxylic acids is 1. The molecule has 1 rings (SSSR count). The predicted molar refractivity (Wildman–Crippen MR) is 86.4 cm³/mol. The van der Waals surface area contributed by atoms with Crippen LogP contribution in [-0.2, 0) is 15.3 Å². The Hall–Kier alpha value is -1.49. The molecule has 0 saturated heterocycles. The Morgan fingerprint density at radius 3 is 2.43 bits per heavy atom. The minimum atomic E-state index is -0.867. The number of amides is 1. The fourth-order valence-corrected chi connectivity index (χ4v) is 2.74. The van der Waals surface area contributed by atoms with E-state index in [-0.39, 0.29) is 12.5 Å². The molecule has 0 aromatic heterocycles. The molecule has 0 aliphatic heterocycles. The second kappa shape index (κ2) is 8.72. The van der Waals surface area contributed by atoms with Gasteiger partial charge in [0.25, 0.3) is 0 Å². The van der Waals surface area contributed by atoms with Crippen LogP contribution in [0, 0.1) is 12.8 Å². The summed E-state index contributed by atoms with van der Waals surface area (Å²) in [7, 11) is 0. The fourth-order valence-electron chi connectivity index (χ4n) is 1.85. The van der Waals surface area contributed by atoms with Crippen molar-refractivity contribution in [1.29, 1.82) is 0 Å². The number of hydrogen-bond donors (Lipinski definition) is 1. The van der Waals surface area contributed by atoms with Crippen LogP contribution in [0.2, 0.25) is 0 Å². The number of carbonyl (C=O) groups excluding carboxylic acids is 1. The van der Waals surface area contributed by atoms with Crippen molar-refractivity contribution in [3.63, 3.8) is 0 Å². The number of rotatable bonds is 8. The Labute approximate surface area is 130 Å². The molecule has 0 saturated carbocycles. The minimum absolute atomic E-state index is 0.00251. The second-order valence-corrected chi connectivity index (χ2v) is 6.14. The summed E-state index contributed by atoms with van der Waals surface area (Å²) >= 11 is 1.56. The first kappa shape index (κ1) is 17.6. The first-order valence-electron chi connectivity index (χ1n) is 7.08. The Bertz CT molecular complexity index is 473. The summed E-state index contributed by atoms with van der Waals surface area (Å²) in [4.78, 5) is 24.6. The number of nitrogens with zero attached hydrogens (tertiary/aromatic N) is 1. The molecule has 1 aromatic rings. The molecule has 1 atom stereocenters. The number of benzene rings is 1. The van der Waals surface area contributed by atoms with Gasteiger partial charge in [0, 0.05) is 18.8 Å². The molecule has 1 N–H and O–H groups in total. The van der Waals surface area contributed by atoms with Gasteiger partial charge in [-0.25, -0.2) is 0 Å². The molecule has 0 radical (unpaired) electrons. The highest BCUT2D eigenvalue weighted by Gasteiger charge is 2.18. The van der Waals surface area contributed by atoms with Crippen LogP contribution in [0.5, 0.6) is 0 Å². The maximum Gasteiger partial charge on any atom is 0.308 e. The third-order valence-corrected chi connectivity index (χ3v) is 4.25. The van der Waals surface area contributed by atoms with E-state index in [1.165, 1.54) is 11.1 Å². The second-order valence-electron chi connectivity index (χ2n) is 5.15. The van der Waals surface area contributed by atoms with E-state index in [1.807, 2.05) is 13.8 Å². The zero-order valence-corrected chi connectivity index (χ0v) is 13.7. The van der Waals surface area contributed by atoms with Crippen molar-refractivity contribution >= 4 is 23.6 Å². The van der Waals surface area contributed by atoms with Gasteiger partial charge in [0.2, 0.25) is 5.91 Å². The van der Waals surface area contributed by atoms with Gasteiger partial charge in [-0.2, -0.15) is 0 Å². The Kier molecular flexibility index (Phi) is 7.29. The van der Waals surface area contributed by atoms with E-state index in [4.69, 9.17) is 5.11 Å². The number of thioether (sulfide) groups is 1. The molecule has 1 unspecified atom stereocenters. The van der Waals surface area contributed by atoms with Gasteiger partial charge in [0.15, 0.2) is 0 Å². The van der Waals surface area contributed by atoms with Crippen molar-refractivity contribution in [3.05, 3.63) is 35.4 Å². The molecule has 1 amide bonds. The molecule has 0 heterocycles. The van der Waals surface area contributed by atoms with E-state index in [0.717, 1.165) is 5.75 Å². The molecule has 116 valence electrons. The van der Waals surface area contributed by atoms with Gasteiger partial charge in [0.1, 0.15) is 0 Å². The molecule has 0 fully saturated rings. The first-order valence-corrected chi connectivity index (χ1v) is 8.23. The Morgan fingerprint density at radius 2 is 1.90 bits per heavy atom. The highest BCUT2D eigenvalue weighted by atomic mass is 32.2. The van der Waals surface area contributed by atoms with Gasteiger partial charge in [-0.3, -0.25) is 9.59 Å². The average Bonchev–Trinajstić information content (AvgIpc) is 2.46. The number of carbonyl (C=O) groups is 2. The lowest BCUT2D eigenvalue weighted by Gasteiger charge is -2.22. The molecule has 0 spiro atoms. The summed E-state index contributed by atoms with van der Waals surface area (Å²) in [6.07, 6.45) is 0. The van der Waals surface area contributed by atoms with Gasteiger partial charge < -0.3 is 10.0 Å². The lowest BCUT2D eigenvalue weighted by molar-refractivity contribution is -0.142. The molecule has 0 bridgehead atoms. The summed E-state index contributed by atoms with van der Waals surface area (Å²) in [6.45, 7) is 6.36. The van der Waals surface area contributed by atoms with E-state index in [1.54, 1.807) is 23.6 Å². The third kappa shape index (κ3) is 6.21. The largest absolute Gasteiger partial charge is 0.481 e. The van der Waals surface area contributed by atoms with Crippen molar-refractivity contribution in [1.82, 2.24) is 4.90 Å². The van der Waals surface area contributed by atoms with Crippen LogP contribution < -0.4 is 0 Å². The molecular formula is C16H23NO3S. The molecule has 1 aromatic carbocycles. The van der Waals surface area contributed by atoms with Crippen LogP contribution >= 0.6 is 11.8 Å². The van der Waals surface area contributed by atoms with E-state index in [2.05, 4.69) is 24.3 Å². The number of hydrogen-bond acceptors (Lipinski definition) is 3. The highest BCUT2D eigenvalue weighted by Crippen LogP contribution is 2.14. The zero-order valence-electron chi connectivity index (χ0n) is 12.8. The van der Waals surface area contributed by atoms with Crippen LogP contribution in [0.3, 0.4) is 0 Å². The van der Waals surface area contributed by atoms with Crippen molar-refractivity contribution in [2.24, 2.45) is 5.92 Å². The normalized spacial score (nSPS) is 12.0. The van der Waals surface area contributed by atoms with Crippen LogP contribution in [0.25, 0.3) is 0 Å². The Balaban J connectivity index is 2.40. The monoisotopic (exact) mass is 309 g/mol. The third-order valence-electron chi connectivity index (χ3n) is 3.27. The van der Waals surface area contributed by atoms with Crippen molar-refractivity contribution in [2.75, 3.05) is 18.8 Å². The molecular weight excluding hydrogens is 286 g/mol. The molecule has 5 heteroatoms. The molecule has 4 nitrogen and oxygen atoms in total. The fraction of sp³-hybridized carbons (Fsp3) is 0.500. The molecule has 0 aliphatic rings. The standard InChI is InChI=1S/C16H23NO3S/c1-4-17(9-13(3)16(19)20)15(18)11-21-10-14-7-5-12(2)6-8-14/h5-8,13H,4,9-11H2,1-3H3,(H,19,20). The van der Waals surface area contributed by atoms with Crippen LogP contribution in [0.4, 0.5) is 0 Å². The number of aryl methyl sites for hydroxylation is 1. The van der Waals surface area contributed by atoms with Crippen molar-refractivity contribution in [3.8, 4) is 0 Å². The quantitative estimate of drug-likeness (QED) is 0.802. The number of carboxylic acid groups (broad SMARTS) is 1. The van der Waals surface area contributed by atoms with Gasteiger partial charge in [-0.15, -0.1) is 11.8 Å². The minimum Gasteiger partial charge on any atom is -0.481 e. The van der Waals surface area contributed by atoms with E-state index >= 15 is 0 Å². The predicted octanol–water partition coefficient (Wildman–Crippen LogP) is 2.80. The zero-order chi connectivity index (χ0) is 15.8. The van der Waals surface area contributed by atoms with Gasteiger partial charge in [-0.1, -0.05) is 36.8 Å². The SMILES string of the molecule is CCN(CC(C)C(=O)O)C(=O)CSCc1ccc(C)cc1. The van der Waals surface area contributed by atoms with E-state index in [9.17, 15) is 9.59 Å². The van der Waals surface area contributed by atoms with Crippen molar-refractivity contribution < 1.29 is 14.7 Å².